The number of benzene rings is 1. The van der Waals surface area contributed by atoms with Gasteiger partial charge in [0.25, 0.3) is 11.5 Å². The van der Waals surface area contributed by atoms with Gasteiger partial charge in [0.1, 0.15) is 11.4 Å². The van der Waals surface area contributed by atoms with E-state index in [2.05, 4.69) is 9.97 Å². The van der Waals surface area contributed by atoms with Gasteiger partial charge in [-0.25, -0.2) is 4.98 Å². The van der Waals surface area contributed by atoms with Crippen LogP contribution in [0.3, 0.4) is 0 Å². The Hall–Kier alpha value is -3.00. The van der Waals surface area contributed by atoms with Crippen LogP contribution in [0.15, 0.2) is 35.3 Å². The molecule has 1 fully saturated rings. The number of hydrogen-bond acceptors (Lipinski definition) is 6. The highest BCUT2D eigenvalue weighted by atomic mass is 16.5. The van der Waals surface area contributed by atoms with E-state index in [-0.39, 0.29) is 23.4 Å². The van der Waals surface area contributed by atoms with Crippen LogP contribution < -0.4 is 11.3 Å². The maximum Gasteiger partial charge on any atom is 0.305 e. The molecule has 2 heterocycles. The van der Waals surface area contributed by atoms with Crippen molar-refractivity contribution < 1.29 is 14.3 Å². The van der Waals surface area contributed by atoms with Gasteiger partial charge in [-0.2, -0.15) is 0 Å². The number of nitrogens with two attached hydrogens (primary N) is 1. The molecule has 0 spiro atoms. The Morgan fingerprint density at radius 2 is 1.93 bits per heavy atom. The number of carbonyl (C=O) groups is 2. The predicted molar refractivity (Wildman–Crippen MR) is 103 cm³/mol. The highest BCUT2D eigenvalue weighted by Gasteiger charge is 2.26. The lowest BCUT2D eigenvalue weighted by molar-refractivity contribution is -0.142. The summed E-state index contributed by atoms with van der Waals surface area (Å²) in [6, 6.07) is 7.39. The second-order valence-electron chi connectivity index (χ2n) is 6.89. The van der Waals surface area contributed by atoms with E-state index in [0.717, 1.165) is 11.1 Å². The summed E-state index contributed by atoms with van der Waals surface area (Å²) in [5, 5.41) is 0. The van der Waals surface area contributed by atoms with Crippen molar-refractivity contribution >= 4 is 11.9 Å². The summed E-state index contributed by atoms with van der Waals surface area (Å²) in [6.45, 7) is 1.44. The molecule has 0 bridgehead atoms. The largest absolute Gasteiger partial charge is 0.469 e. The molecule has 0 radical (unpaired) electrons. The van der Waals surface area contributed by atoms with Gasteiger partial charge in [-0.3, -0.25) is 14.4 Å². The summed E-state index contributed by atoms with van der Waals surface area (Å²) in [7, 11) is 1.37. The normalized spacial score (nSPS) is 14.7. The van der Waals surface area contributed by atoms with Crippen molar-refractivity contribution in [3.63, 3.8) is 0 Å². The van der Waals surface area contributed by atoms with Crippen LogP contribution in [0.5, 0.6) is 0 Å². The first-order valence-electron chi connectivity index (χ1n) is 9.26. The number of nitrogens with one attached hydrogen (secondary N) is 1. The Kier molecular flexibility index (Phi) is 6.20. The van der Waals surface area contributed by atoms with Gasteiger partial charge in [0.2, 0.25) is 0 Å². The SMILES string of the molecule is COC(=O)CC1CCN(C(=O)c2cnc(-c3ccc(CN)cc3)[nH]c2=O)CC1. The summed E-state index contributed by atoms with van der Waals surface area (Å²) in [6.07, 6.45) is 3.10. The molecule has 1 aliphatic heterocycles. The van der Waals surface area contributed by atoms with Gasteiger partial charge in [-0.1, -0.05) is 24.3 Å². The monoisotopic (exact) mass is 384 g/mol. The van der Waals surface area contributed by atoms with E-state index in [4.69, 9.17) is 10.5 Å². The van der Waals surface area contributed by atoms with Crippen molar-refractivity contribution in [1.29, 1.82) is 0 Å². The Balaban J connectivity index is 1.68. The molecular weight excluding hydrogens is 360 g/mol. The summed E-state index contributed by atoms with van der Waals surface area (Å²) < 4.78 is 4.69. The van der Waals surface area contributed by atoms with E-state index < -0.39 is 5.56 Å². The van der Waals surface area contributed by atoms with Crippen molar-refractivity contribution in [2.75, 3.05) is 20.2 Å². The molecule has 148 valence electrons. The number of methoxy groups -OCH3 is 1. The van der Waals surface area contributed by atoms with Crippen LogP contribution in [0.4, 0.5) is 0 Å². The minimum Gasteiger partial charge on any atom is -0.469 e. The van der Waals surface area contributed by atoms with Crippen LogP contribution in [0.2, 0.25) is 0 Å². The van der Waals surface area contributed by atoms with Gasteiger partial charge in [0.15, 0.2) is 0 Å². The van der Waals surface area contributed by atoms with Gasteiger partial charge < -0.3 is 20.4 Å². The first-order chi connectivity index (χ1) is 13.5. The molecule has 28 heavy (non-hydrogen) atoms. The zero-order valence-electron chi connectivity index (χ0n) is 15.8. The van der Waals surface area contributed by atoms with E-state index in [1.807, 2.05) is 24.3 Å². The lowest BCUT2D eigenvalue weighted by Crippen LogP contribution is -2.41. The number of rotatable bonds is 5. The Labute approximate surface area is 162 Å². The van der Waals surface area contributed by atoms with Crippen LogP contribution in [-0.4, -0.2) is 46.9 Å². The van der Waals surface area contributed by atoms with Crippen molar-refractivity contribution in [1.82, 2.24) is 14.9 Å². The van der Waals surface area contributed by atoms with Crippen LogP contribution in [0.25, 0.3) is 11.4 Å². The third-order valence-electron chi connectivity index (χ3n) is 5.08. The second kappa shape index (κ2) is 8.79. The quantitative estimate of drug-likeness (QED) is 0.751. The van der Waals surface area contributed by atoms with E-state index in [1.165, 1.54) is 13.3 Å². The Morgan fingerprint density at radius 1 is 1.25 bits per heavy atom. The van der Waals surface area contributed by atoms with E-state index in [9.17, 15) is 14.4 Å². The third kappa shape index (κ3) is 4.45. The number of likely N-dealkylation sites (tertiary alicyclic amines) is 1. The summed E-state index contributed by atoms with van der Waals surface area (Å²) in [5.41, 5.74) is 6.87. The fourth-order valence-electron chi connectivity index (χ4n) is 3.32. The molecule has 3 N–H and O–H groups in total. The number of ether oxygens (including phenoxy) is 1. The molecule has 0 aliphatic carbocycles. The minimum atomic E-state index is -0.463. The molecule has 0 saturated carbocycles. The lowest BCUT2D eigenvalue weighted by atomic mass is 9.93. The number of aromatic amines is 1. The molecule has 8 nitrogen and oxygen atoms in total. The molecule has 0 atom stereocenters. The third-order valence-corrected chi connectivity index (χ3v) is 5.08. The van der Waals surface area contributed by atoms with Crippen LogP contribution in [0.1, 0.15) is 35.2 Å². The average Bonchev–Trinajstić information content (AvgIpc) is 2.73. The van der Waals surface area contributed by atoms with Crippen molar-refractivity contribution in [2.24, 2.45) is 11.7 Å². The summed E-state index contributed by atoms with van der Waals surface area (Å²) in [5.74, 6) is 0.0319. The molecule has 1 amide bonds. The average molecular weight is 384 g/mol. The van der Waals surface area contributed by atoms with Crippen molar-refractivity contribution in [2.45, 2.75) is 25.8 Å². The zero-order chi connectivity index (χ0) is 20.1. The summed E-state index contributed by atoms with van der Waals surface area (Å²) >= 11 is 0. The number of carbonyl (C=O) groups excluding carboxylic acids is 2. The number of nitrogens with zero attached hydrogens (tertiary/aromatic N) is 2. The van der Waals surface area contributed by atoms with E-state index >= 15 is 0 Å². The van der Waals surface area contributed by atoms with Gasteiger partial charge in [-0.05, 0) is 24.3 Å². The van der Waals surface area contributed by atoms with Gasteiger partial charge in [-0.15, -0.1) is 0 Å². The second-order valence-corrected chi connectivity index (χ2v) is 6.89. The first-order valence-corrected chi connectivity index (χ1v) is 9.26. The molecule has 1 aliphatic rings. The predicted octanol–water partition coefficient (Wildman–Crippen LogP) is 1.31. The molecule has 1 saturated heterocycles. The first kappa shape index (κ1) is 19.8. The molecule has 0 unspecified atom stereocenters. The Bertz CT molecular complexity index is 899. The number of aromatic nitrogens is 2. The number of amides is 1. The maximum atomic E-state index is 12.7. The molecule has 1 aromatic carbocycles. The topological polar surface area (TPSA) is 118 Å². The highest BCUT2D eigenvalue weighted by Crippen LogP contribution is 2.22. The highest BCUT2D eigenvalue weighted by molar-refractivity contribution is 5.93. The van der Waals surface area contributed by atoms with Crippen LogP contribution in [-0.2, 0) is 16.1 Å². The smallest absolute Gasteiger partial charge is 0.305 e. The van der Waals surface area contributed by atoms with Crippen molar-refractivity contribution in [3.05, 3.63) is 51.9 Å². The molecule has 8 heteroatoms. The molecule has 2 aromatic rings. The Morgan fingerprint density at radius 3 is 2.50 bits per heavy atom. The minimum absolute atomic E-state index is 0.0220. The van der Waals surface area contributed by atoms with Gasteiger partial charge in [0.05, 0.1) is 7.11 Å². The lowest BCUT2D eigenvalue weighted by Gasteiger charge is -2.31. The summed E-state index contributed by atoms with van der Waals surface area (Å²) in [4.78, 5) is 45.1. The number of H-pyrrole nitrogens is 1. The molecule has 3 rings (SSSR count). The standard InChI is InChI=1S/C20H24N4O4/c1-28-17(25)10-13-6-8-24(9-7-13)20(27)16-12-22-18(23-19(16)26)15-4-2-14(11-21)3-5-15/h2-5,12-13H,6-11,21H2,1H3,(H,22,23,26). The molecular formula is C20H24N4O4. The van der Waals surface area contributed by atoms with E-state index in [1.54, 1.807) is 4.90 Å². The number of esters is 1. The van der Waals surface area contributed by atoms with E-state index in [0.29, 0.717) is 44.7 Å². The van der Waals surface area contributed by atoms with Crippen LogP contribution >= 0.6 is 0 Å². The molecule has 1 aromatic heterocycles. The van der Waals surface area contributed by atoms with Crippen LogP contribution in [0, 0.1) is 5.92 Å². The van der Waals surface area contributed by atoms with Gasteiger partial charge >= 0.3 is 5.97 Å². The van der Waals surface area contributed by atoms with Crippen molar-refractivity contribution in [3.8, 4) is 11.4 Å². The fraction of sp³-hybridized carbons (Fsp3) is 0.400. The maximum absolute atomic E-state index is 12.7. The fourth-order valence-corrected chi connectivity index (χ4v) is 3.32. The number of hydrogen-bond donors (Lipinski definition) is 2. The van der Waals surface area contributed by atoms with Gasteiger partial charge in [0, 0.05) is 37.8 Å². The number of piperidine rings is 1. The zero-order valence-corrected chi connectivity index (χ0v) is 15.8.